The lowest BCUT2D eigenvalue weighted by molar-refractivity contribution is -0.128. The van der Waals surface area contributed by atoms with Gasteiger partial charge >= 0.3 is 0 Å². The molecule has 1 aromatic carbocycles. The lowest BCUT2D eigenvalue weighted by Crippen LogP contribution is -2.34. The minimum absolute atomic E-state index is 0.0342. The van der Waals surface area contributed by atoms with E-state index in [4.69, 9.17) is 0 Å². The molecular formula is C17H22N4O2. The summed E-state index contributed by atoms with van der Waals surface area (Å²) in [5.74, 6) is 0.767. The molecule has 0 bridgehead atoms. The number of nitrogens with one attached hydrogen (secondary N) is 1. The lowest BCUT2D eigenvalue weighted by Gasteiger charge is -2.13. The molecule has 1 aliphatic heterocycles. The van der Waals surface area contributed by atoms with Crippen LogP contribution in [0.2, 0.25) is 0 Å². The fourth-order valence-corrected chi connectivity index (χ4v) is 3.11. The molecule has 1 unspecified atom stereocenters. The van der Waals surface area contributed by atoms with E-state index >= 15 is 0 Å². The standard InChI is InChI=1S/C17H22N4O2/c1-3-21-11-12(10-16(21)22)17(23)18-9-8-15-19-13-6-4-5-7-14(13)20(15)2/h4-7,12H,3,8-11H2,1-2H3,(H,18,23). The smallest absolute Gasteiger partial charge is 0.225 e. The molecule has 1 N–H and O–H groups in total. The van der Waals surface area contributed by atoms with Crippen molar-refractivity contribution in [2.24, 2.45) is 13.0 Å². The van der Waals surface area contributed by atoms with Gasteiger partial charge in [0, 0.05) is 39.5 Å². The Morgan fingerprint density at radius 3 is 2.87 bits per heavy atom. The summed E-state index contributed by atoms with van der Waals surface area (Å²) >= 11 is 0. The summed E-state index contributed by atoms with van der Waals surface area (Å²) in [7, 11) is 1.99. The number of rotatable bonds is 5. The van der Waals surface area contributed by atoms with Gasteiger partial charge in [-0.2, -0.15) is 0 Å². The van der Waals surface area contributed by atoms with Crippen LogP contribution in [0.4, 0.5) is 0 Å². The summed E-state index contributed by atoms with van der Waals surface area (Å²) in [4.78, 5) is 30.2. The van der Waals surface area contributed by atoms with Gasteiger partial charge < -0.3 is 14.8 Å². The van der Waals surface area contributed by atoms with Crippen LogP contribution in [-0.4, -0.2) is 45.9 Å². The van der Waals surface area contributed by atoms with Crippen molar-refractivity contribution in [3.05, 3.63) is 30.1 Å². The predicted molar refractivity (Wildman–Crippen MR) is 87.8 cm³/mol. The number of para-hydroxylation sites is 2. The maximum Gasteiger partial charge on any atom is 0.225 e. The molecule has 1 fully saturated rings. The first-order valence-corrected chi connectivity index (χ1v) is 8.06. The first-order chi connectivity index (χ1) is 11.1. The number of carbonyl (C=O) groups excluding carboxylic acids is 2. The maximum atomic E-state index is 12.2. The summed E-state index contributed by atoms with van der Waals surface area (Å²) < 4.78 is 2.05. The molecule has 6 heteroatoms. The molecule has 1 atom stereocenters. The van der Waals surface area contributed by atoms with Gasteiger partial charge in [0.05, 0.1) is 17.0 Å². The van der Waals surface area contributed by atoms with Crippen LogP contribution in [0.15, 0.2) is 24.3 Å². The lowest BCUT2D eigenvalue weighted by atomic mass is 10.1. The number of aryl methyl sites for hydroxylation is 1. The van der Waals surface area contributed by atoms with Crippen molar-refractivity contribution in [2.45, 2.75) is 19.8 Å². The monoisotopic (exact) mass is 314 g/mol. The molecule has 0 radical (unpaired) electrons. The van der Waals surface area contributed by atoms with Gasteiger partial charge in [0.15, 0.2) is 0 Å². The quantitative estimate of drug-likeness (QED) is 0.899. The normalized spacial score (nSPS) is 17.9. The highest BCUT2D eigenvalue weighted by molar-refractivity contribution is 5.89. The van der Waals surface area contributed by atoms with Crippen LogP contribution in [0.3, 0.4) is 0 Å². The van der Waals surface area contributed by atoms with Crippen molar-refractivity contribution in [2.75, 3.05) is 19.6 Å². The van der Waals surface area contributed by atoms with E-state index in [2.05, 4.69) is 14.9 Å². The Hall–Kier alpha value is -2.37. The third-order valence-electron chi connectivity index (χ3n) is 4.49. The molecule has 2 aromatic rings. The molecule has 2 heterocycles. The SMILES string of the molecule is CCN1CC(C(=O)NCCc2nc3ccccc3n2C)CC1=O. The zero-order chi connectivity index (χ0) is 16.4. The van der Waals surface area contributed by atoms with Crippen LogP contribution >= 0.6 is 0 Å². The van der Waals surface area contributed by atoms with E-state index in [-0.39, 0.29) is 17.7 Å². The highest BCUT2D eigenvalue weighted by atomic mass is 16.2. The number of hydrogen-bond donors (Lipinski definition) is 1. The minimum Gasteiger partial charge on any atom is -0.355 e. The Kier molecular flexibility index (Phi) is 4.32. The van der Waals surface area contributed by atoms with Crippen LogP contribution in [0.1, 0.15) is 19.2 Å². The van der Waals surface area contributed by atoms with E-state index in [9.17, 15) is 9.59 Å². The fourth-order valence-electron chi connectivity index (χ4n) is 3.11. The van der Waals surface area contributed by atoms with Gasteiger partial charge in [-0.25, -0.2) is 4.98 Å². The Bertz CT molecular complexity index is 737. The number of benzene rings is 1. The average molecular weight is 314 g/mol. The summed E-state index contributed by atoms with van der Waals surface area (Å²) in [6, 6.07) is 7.98. The van der Waals surface area contributed by atoms with Crippen LogP contribution in [0.25, 0.3) is 11.0 Å². The molecule has 3 rings (SSSR count). The van der Waals surface area contributed by atoms with Gasteiger partial charge in [0.2, 0.25) is 11.8 Å². The molecule has 1 aliphatic rings. The fraction of sp³-hybridized carbons (Fsp3) is 0.471. The number of likely N-dealkylation sites (tertiary alicyclic amines) is 1. The predicted octanol–water partition coefficient (Wildman–Crippen LogP) is 1.10. The maximum absolute atomic E-state index is 12.2. The van der Waals surface area contributed by atoms with E-state index in [1.54, 1.807) is 4.90 Å². The molecule has 6 nitrogen and oxygen atoms in total. The number of nitrogens with zero attached hydrogens (tertiary/aromatic N) is 3. The number of aromatic nitrogens is 2. The third-order valence-corrected chi connectivity index (χ3v) is 4.49. The highest BCUT2D eigenvalue weighted by Gasteiger charge is 2.33. The van der Waals surface area contributed by atoms with E-state index in [1.807, 2.05) is 38.2 Å². The molecule has 1 aromatic heterocycles. The van der Waals surface area contributed by atoms with Crippen molar-refractivity contribution in [3.8, 4) is 0 Å². The van der Waals surface area contributed by atoms with Crippen molar-refractivity contribution >= 4 is 22.8 Å². The van der Waals surface area contributed by atoms with Crippen molar-refractivity contribution in [1.82, 2.24) is 19.8 Å². The number of fused-ring (bicyclic) bond motifs is 1. The summed E-state index contributed by atoms with van der Waals surface area (Å²) in [6.45, 7) is 3.67. The van der Waals surface area contributed by atoms with Crippen LogP contribution < -0.4 is 5.32 Å². The zero-order valence-electron chi connectivity index (χ0n) is 13.6. The second-order valence-electron chi connectivity index (χ2n) is 5.95. The second kappa shape index (κ2) is 6.40. The van der Waals surface area contributed by atoms with Gasteiger partial charge in [-0.05, 0) is 19.1 Å². The summed E-state index contributed by atoms with van der Waals surface area (Å²) in [5.41, 5.74) is 2.06. The number of imidazole rings is 1. The first-order valence-electron chi connectivity index (χ1n) is 8.06. The highest BCUT2D eigenvalue weighted by Crippen LogP contribution is 2.17. The van der Waals surface area contributed by atoms with Crippen molar-refractivity contribution in [1.29, 1.82) is 0 Å². The number of carbonyl (C=O) groups is 2. The van der Waals surface area contributed by atoms with E-state index in [0.29, 0.717) is 32.5 Å². The molecular weight excluding hydrogens is 292 g/mol. The van der Waals surface area contributed by atoms with E-state index in [0.717, 1.165) is 16.9 Å². The molecule has 0 spiro atoms. The second-order valence-corrected chi connectivity index (χ2v) is 5.95. The average Bonchev–Trinajstić information content (AvgIpc) is 3.08. The minimum atomic E-state index is -0.220. The van der Waals surface area contributed by atoms with Crippen molar-refractivity contribution in [3.63, 3.8) is 0 Å². The van der Waals surface area contributed by atoms with E-state index in [1.165, 1.54) is 0 Å². The molecule has 0 aliphatic carbocycles. The Morgan fingerprint density at radius 1 is 1.39 bits per heavy atom. The molecule has 1 saturated heterocycles. The molecule has 122 valence electrons. The van der Waals surface area contributed by atoms with Crippen LogP contribution in [0, 0.1) is 5.92 Å². The van der Waals surface area contributed by atoms with Gasteiger partial charge in [-0.15, -0.1) is 0 Å². The molecule has 0 saturated carbocycles. The molecule has 2 amide bonds. The van der Waals surface area contributed by atoms with Gasteiger partial charge in [-0.1, -0.05) is 12.1 Å². The molecule has 23 heavy (non-hydrogen) atoms. The Morgan fingerprint density at radius 2 is 2.17 bits per heavy atom. The first kappa shape index (κ1) is 15.5. The zero-order valence-corrected chi connectivity index (χ0v) is 13.6. The summed E-state index contributed by atoms with van der Waals surface area (Å²) in [6.07, 6.45) is 1.00. The van der Waals surface area contributed by atoms with Gasteiger partial charge in [0.25, 0.3) is 0 Å². The topological polar surface area (TPSA) is 67.2 Å². The Labute approximate surface area is 135 Å². The third kappa shape index (κ3) is 3.06. The van der Waals surface area contributed by atoms with Crippen LogP contribution in [-0.2, 0) is 23.1 Å². The van der Waals surface area contributed by atoms with Gasteiger partial charge in [0.1, 0.15) is 5.82 Å². The van der Waals surface area contributed by atoms with Crippen LogP contribution in [0.5, 0.6) is 0 Å². The van der Waals surface area contributed by atoms with E-state index < -0.39 is 0 Å². The number of amides is 2. The number of hydrogen-bond acceptors (Lipinski definition) is 3. The Balaban J connectivity index is 1.56. The largest absolute Gasteiger partial charge is 0.355 e. The summed E-state index contributed by atoms with van der Waals surface area (Å²) in [5, 5.41) is 2.94. The van der Waals surface area contributed by atoms with Gasteiger partial charge in [-0.3, -0.25) is 9.59 Å². The van der Waals surface area contributed by atoms with Crippen molar-refractivity contribution < 1.29 is 9.59 Å².